The Balaban J connectivity index is 1.90. The molecule has 3 nitrogen and oxygen atoms in total. The first-order valence-corrected chi connectivity index (χ1v) is 8.02. The summed E-state index contributed by atoms with van der Waals surface area (Å²) in [6.07, 6.45) is 3.05. The van der Waals surface area contributed by atoms with E-state index < -0.39 is 0 Å². The van der Waals surface area contributed by atoms with E-state index in [1.54, 1.807) is 0 Å². The van der Waals surface area contributed by atoms with Crippen LogP contribution in [0.2, 0.25) is 0 Å². The van der Waals surface area contributed by atoms with Crippen molar-refractivity contribution in [2.75, 3.05) is 0 Å². The maximum Gasteiger partial charge on any atom is 0.163 e. The third kappa shape index (κ3) is 2.73. The molecule has 0 N–H and O–H groups in total. The molecule has 23 heavy (non-hydrogen) atoms. The summed E-state index contributed by atoms with van der Waals surface area (Å²) >= 11 is 3.52. The van der Waals surface area contributed by atoms with Crippen molar-refractivity contribution in [1.82, 2.24) is 15.0 Å². The zero-order chi connectivity index (χ0) is 15.6. The summed E-state index contributed by atoms with van der Waals surface area (Å²) in [6, 6.07) is 20.9. The molecule has 1 aromatic heterocycles. The molecule has 0 spiro atoms. The van der Waals surface area contributed by atoms with Crippen LogP contribution in [-0.4, -0.2) is 15.0 Å². The highest BCUT2D eigenvalue weighted by Crippen LogP contribution is 2.32. The Morgan fingerprint density at radius 1 is 0.696 bits per heavy atom. The SMILES string of the molecule is Brc1ccc2cc(-c3ccccc3-c3ncncn3)ccc2c1. The second-order valence-corrected chi connectivity index (χ2v) is 6.13. The minimum absolute atomic E-state index is 0.687. The van der Waals surface area contributed by atoms with Gasteiger partial charge >= 0.3 is 0 Å². The number of benzene rings is 3. The van der Waals surface area contributed by atoms with Gasteiger partial charge in [0.05, 0.1) is 0 Å². The molecule has 4 aromatic rings. The number of fused-ring (bicyclic) bond motifs is 1. The third-order valence-electron chi connectivity index (χ3n) is 3.77. The predicted molar refractivity (Wildman–Crippen MR) is 95.9 cm³/mol. The van der Waals surface area contributed by atoms with E-state index in [-0.39, 0.29) is 0 Å². The quantitative estimate of drug-likeness (QED) is 0.497. The van der Waals surface area contributed by atoms with Crippen molar-refractivity contribution in [2.24, 2.45) is 0 Å². The first kappa shape index (κ1) is 14.0. The fourth-order valence-corrected chi connectivity index (χ4v) is 3.07. The monoisotopic (exact) mass is 361 g/mol. The normalized spacial score (nSPS) is 10.8. The van der Waals surface area contributed by atoms with Crippen molar-refractivity contribution in [2.45, 2.75) is 0 Å². The van der Waals surface area contributed by atoms with Gasteiger partial charge in [-0.2, -0.15) is 0 Å². The van der Waals surface area contributed by atoms with E-state index in [1.807, 2.05) is 18.2 Å². The molecule has 0 atom stereocenters. The minimum atomic E-state index is 0.687. The van der Waals surface area contributed by atoms with Gasteiger partial charge in [-0.1, -0.05) is 58.4 Å². The number of rotatable bonds is 2. The lowest BCUT2D eigenvalue weighted by Gasteiger charge is -2.09. The van der Waals surface area contributed by atoms with Gasteiger partial charge in [0.25, 0.3) is 0 Å². The van der Waals surface area contributed by atoms with Gasteiger partial charge in [0.1, 0.15) is 12.7 Å². The summed E-state index contributed by atoms with van der Waals surface area (Å²) in [6.45, 7) is 0. The summed E-state index contributed by atoms with van der Waals surface area (Å²) < 4.78 is 1.09. The van der Waals surface area contributed by atoms with E-state index in [4.69, 9.17) is 0 Å². The van der Waals surface area contributed by atoms with Gasteiger partial charge in [-0.15, -0.1) is 0 Å². The molecular formula is C19H12BrN3. The summed E-state index contributed by atoms with van der Waals surface area (Å²) in [7, 11) is 0. The van der Waals surface area contributed by atoms with Crippen LogP contribution in [0.5, 0.6) is 0 Å². The summed E-state index contributed by atoms with van der Waals surface area (Å²) in [5.41, 5.74) is 3.27. The largest absolute Gasteiger partial charge is 0.225 e. The van der Waals surface area contributed by atoms with Gasteiger partial charge in [-0.25, -0.2) is 15.0 Å². The maximum atomic E-state index is 4.28. The molecule has 0 saturated carbocycles. The van der Waals surface area contributed by atoms with Crippen molar-refractivity contribution in [3.05, 3.63) is 77.8 Å². The Labute approximate surface area is 142 Å². The maximum absolute atomic E-state index is 4.28. The van der Waals surface area contributed by atoms with E-state index in [0.29, 0.717) is 5.82 Å². The van der Waals surface area contributed by atoms with Crippen LogP contribution in [-0.2, 0) is 0 Å². The Morgan fingerprint density at radius 3 is 2.22 bits per heavy atom. The topological polar surface area (TPSA) is 38.7 Å². The van der Waals surface area contributed by atoms with E-state index in [1.165, 1.54) is 23.4 Å². The number of hydrogen-bond acceptors (Lipinski definition) is 3. The van der Waals surface area contributed by atoms with E-state index in [2.05, 4.69) is 73.3 Å². The molecule has 110 valence electrons. The van der Waals surface area contributed by atoms with Gasteiger partial charge in [0.15, 0.2) is 5.82 Å². The molecule has 0 aliphatic heterocycles. The molecule has 0 fully saturated rings. The van der Waals surface area contributed by atoms with Crippen LogP contribution in [0.15, 0.2) is 77.8 Å². The Bertz CT molecular complexity index is 984. The van der Waals surface area contributed by atoms with Crippen molar-refractivity contribution in [3.63, 3.8) is 0 Å². The summed E-state index contributed by atoms with van der Waals surface area (Å²) in [5, 5.41) is 2.41. The third-order valence-corrected chi connectivity index (χ3v) is 4.27. The van der Waals surface area contributed by atoms with Crippen LogP contribution in [0.25, 0.3) is 33.3 Å². The minimum Gasteiger partial charge on any atom is -0.225 e. The zero-order valence-corrected chi connectivity index (χ0v) is 13.7. The second kappa shape index (κ2) is 5.89. The lowest BCUT2D eigenvalue weighted by Crippen LogP contribution is -1.92. The lowest BCUT2D eigenvalue weighted by molar-refractivity contribution is 1.06. The Morgan fingerprint density at radius 2 is 1.39 bits per heavy atom. The van der Waals surface area contributed by atoms with Crippen molar-refractivity contribution >= 4 is 26.7 Å². The van der Waals surface area contributed by atoms with Crippen molar-refractivity contribution in [1.29, 1.82) is 0 Å². The van der Waals surface area contributed by atoms with Gasteiger partial charge in [0.2, 0.25) is 0 Å². The number of aromatic nitrogens is 3. The molecular weight excluding hydrogens is 350 g/mol. The smallest absolute Gasteiger partial charge is 0.163 e. The van der Waals surface area contributed by atoms with Gasteiger partial charge in [-0.3, -0.25) is 0 Å². The zero-order valence-electron chi connectivity index (χ0n) is 12.1. The van der Waals surface area contributed by atoms with Crippen LogP contribution < -0.4 is 0 Å². The first-order chi connectivity index (χ1) is 11.3. The number of nitrogens with zero attached hydrogens (tertiary/aromatic N) is 3. The predicted octanol–water partition coefficient (Wildman–Crippen LogP) is 5.12. The van der Waals surface area contributed by atoms with Gasteiger partial charge < -0.3 is 0 Å². The highest BCUT2D eigenvalue weighted by Gasteiger charge is 2.09. The highest BCUT2D eigenvalue weighted by atomic mass is 79.9. The molecule has 0 bridgehead atoms. The molecule has 0 unspecified atom stereocenters. The van der Waals surface area contributed by atoms with Crippen LogP contribution in [0.4, 0.5) is 0 Å². The average Bonchev–Trinajstić information content (AvgIpc) is 2.62. The Hall–Kier alpha value is -2.59. The van der Waals surface area contributed by atoms with E-state index in [0.717, 1.165) is 21.2 Å². The Kier molecular flexibility index (Phi) is 3.60. The average molecular weight is 362 g/mol. The standard InChI is InChI=1S/C19H12BrN3/c20-16-8-7-13-9-15(6-5-14(13)10-16)17-3-1-2-4-18(17)19-22-11-21-12-23-19/h1-12H. The number of hydrogen-bond donors (Lipinski definition) is 0. The van der Waals surface area contributed by atoms with Crippen LogP contribution in [0.1, 0.15) is 0 Å². The fourth-order valence-electron chi connectivity index (χ4n) is 2.69. The first-order valence-electron chi connectivity index (χ1n) is 7.22. The highest BCUT2D eigenvalue weighted by molar-refractivity contribution is 9.10. The van der Waals surface area contributed by atoms with Gasteiger partial charge in [-0.05, 0) is 40.1 Å². The molecule has 0 radical (unpaired) electrons. The second-order valence-electron chi connectivity index (χ2n) is 5.21. The number of halogens is 1. The molecule has 0 aliphatic rings. The summed E-state index contributed by atoms with van der Waals surface area (Å²) in [5.74, 6) is 0.687. The molecule has 0 aliphatic carbocycles. The molecule has 0 saturated heterocycles. The van der Waals surface area contributed by atoms with E-state index in [9.17, 15) is 0 Å². The molecule has 3 aromatic carbocycles. The summed E-state index contributed by atoms with van der Waals surface area (Å²) in [4.78, 5) is 12.5. The molecule has 4 rings (SSSR count). The lowest BCUT2D eigenvalue weighted by atomic mass is 9.97. The van der Waals surface area contributed by atoms with Crippen LogP contribution in [0, 0.1) is 0 Å². The molecule has 0 amide bonds. The van der Waals surface area contributed by atoms with Crippen LogP contribution >= 0.6 is 15.9 Å². The van der Waals surface area contributed by atoms with Crippen LogP contribution in [0.3, 0.4) is 0 Å². The fraction of sp³-hybridized carbons (Fsp3) is 0. The van der Waals surface area contributed by atoms with Crippen molar-refractivity contribution < 1.29 is 0 Å². The van der Waals surface area contributed by atoms with E-state index >= 15 is 0 Å². The van der Waals surface area contributed by atoms with Crippen molar-refractivity contribution in [3.8, 4) is 22.5 Å². The van der Waals surface area contributed by atoms with Gasteiger partial charge in [0, 0.05) is 10.0 Å². The molecule has 1 heterocycles. The molecule has 4 heteroatoms.